The molecule has 0 radical (unpaired) electrons. The van der Waals surface area contributed by atoms with E-state index in [9.17, 15) is 22.4 Å². The number of hydrogen-bond acceptors (Lipinski definition) is 2. The largest absolute Gasteiger partial charge is 0.420 e. The van der Waals surface area contributed by atoms with E-state index in [0.29, 0.717) is 11.1 Å². The SMILES string of the molecule is CCCc1ccc(-c2ccc(-c3ccc(C(=O)Oc4ccc(C)c(F)c4F)cc3)c(F)c2F)cc1. The summed E-state index contributed by atoms with van der Waals surface area (Å²) in [6, 6.07) is 18.3. The molecule has 0 aliphatic heterocycles. The molecule has 2 nitrogen and oxygen atoms in total. The van der Waals surface area contributed by atoms with Gasteiger partial charge in [0.2, 0.25) is 5.82 Å². The van der Waals surface area contributed by atoms with Gasteiger partial charge in [-0.1, -0.05) is 67.9 Å². The van der Waals surface area contributed by atoms with Gasteiger partial charge in [0.1, 0.15) is 0 Å². The third-order valence-electron chi connectivity index (χ3n) is 5.76. The average Bonchev–Trinajstić information content (AvgIpc) is 2.87. The van der Waals surface area contributed by atoms with Gasteiger partial charge in [0.05, 0.1) is 5.56 Å². The van der Waals surface area contributed by atoms with Crippen molar-refractivity contribution in [3.05, 3.63) is 113 Å². The van der Waals surface area contributed by atoms with Gasteiger partial charge in [-0.3, -0.25) is 0 Å². The fourth-order valence-corrected chi connectivity index (χ4v) is 3.79. The van der Waals surface area contributed by atoms with Crippen LogP contribution in [0.25, 0.3) is 22.3 Å². The van der Waals surface area contributed by atoms with Gasteiger partial charge >= 0.3 is 5.97 Å². The van der Waals surface area contributed by atoms with Gasteiger partial charge in [-0.15, -0.1) is 0 Å². The lowest BCUT2D eigenvalue weighted by Gasteiger charge is -2.11. The zero-order valence-corrected chi connectivity index (χ0v) is 19.2. The Bertz CT molecular complexity index is 1380. The first kappa shape index (κ1) is 24.2. The van der Waals surface area contributed by atoms with Crippen LogP contribution in [0.2, 0.25) is 0 Å². The second-order valence-electron chi connectivity index (χ2n) is 8.21. The van der Waals surface area contributed by atoms with Gasteiger partial charge in [-0.25, -0.2) is 18.0 Å². The molecule has 4 rings (SSSR count). The van der Waals surface area contributed by atoms with Gasteiger partial charge in [0.15, 0.2) is 23.2 Å². The molecule has 0 aliphatic carbocycles. The molecule has 0 amide bonds. The Hall–Kier alpha value is -3.93. The Morgan fingerprint density at radius 3 is 1.77 bits per heavy atom. The minimum absolute atomic E-state index is 0.0282. The van der Waals surface area contributed by atoms with E-state index in [-0.39, 0.29) is 22.3 Å². The molecule has 4 aromatic carbocycles. The van der Waals surface area contributed by atoms with Crippen molar-refractivity contribution in [2.75, 3.05) is 0 Å². The van der Waals surface area contributed by atoms with Crippen LogP contribution in [0, 0.1) is 30.2 Å². The molecule has 35 heavy (non-hydrogen) atoms. The third-order valence-corrected chi connectivity index (χ3v) is 5.76. The number of carbonyl (C=O) groups is 1. The predicted molar refractivity (Wildman–Crippen MR) is 127 cm³/mol. The highest BCUT2D eigenvalue weighted by Crippen LogP contribution is 2.32. The number of esters is 1. The van der Waals surface area contributed by atoms with Crippen LogP contribution in [0.5, 0.6) is 5.75 Å². The molecule has 0 aliphatic rings. The van der Waals surface area contributed by atoms with Crippen LogP contribution < -0.4 is 4.74 Å². The topological polar surface area (TPSA) is 26.3 Å². The number of halogens is 4. The highest BCUT2D eigenvalue weighted by molar-refractivity contribution is 5.91. The van der Waals surface area contributed by atoms with E-state index in [4.69, 9.17) is 4.74 Å². The maximum Gasteiger partial charge on any atom is 0.343 e. The Labute approximate surface area is 200 Å². The van der Waals surface area contributed by atoms with Crippen LogP contribution in [-0.2, 0) is 6.42 Å². The molecule has 4 aromatic rings. The Morgan fingerprint density at radius 1 is 0.686 bits per heavy atom. The lowest BCUT2D eigenvalue weighted by Crippen LogP contribution is -2.10. The van der Waals surface area contributed by atoms with Crippen molar-refractivity contribution >= 4 is 5.97 Å². The lowest BCUT2D eigenvalue weighted by molar-refractivity contribution is 0.0726. The number of rotatable bonds is 6. The van der Waals surface area contributed by atoms with Crippen LogP contribution in [0.15, 0.2) is 72.8 Å². The Morgan fingerprint density at radius 2 is 1.23 bits per heavy atom. The van der Waals surface area contributed by atoms with Crippen molar-refractivity contribution in [1.29, 1.82) is 0 Å². The standard InChI is InChI=1S/C29H22F4O2/c1-3-4-18-6-8-19(9-7-18)22-14-15-23(27(32)26(22)31)20-10-12-21(13-11-20)29(34)35-24-16-5-17(2)25(30)28(24)33/h5-16H,3-4H2,1-2H3. The summed E-state index contributed by atoms with van der Waals surface area (Å²) in [5.74, 6) is -5.77. The van der Waals surface area contributed by atoms with E-state index < -0.39 is 35.0 Å². The van der Waals surface area contributed by atoms with Gasteiger partial charge < -0.3 is 4.74 Å². The molecule has 0 heterocycles. The lowest BCUT2D eigenvalue weighted by atomic mass is 9.97. The van der Waals surface area contributed by atoms with E-state index >= 15 is 0 Å². The molecule has 6 heteroatoms. The number of benzene rings is 4. The molecule has 0 fully saturated rings. The molecule has 0 N–H and O–H groups in total. The number of ether oxygens (including phenoxy) is 1. The van der Waals surface area contributed by atoms with Gasteiger partial charge in [-0.05, 0) is 53.8 Å². The van der Waals surface area contributed by atoms with Crippen molar-refractivity contribution < 1.29 is 27.1 Å². The molecule has 0 aromatic heterocycles. The average molecular weight is 478 g/mol. The van der Waals surface area contributed by atoms with E-state index in [2.05, 4.69) is 6.92 Å². The molecule has 0 saturated carbocycles. The molecule has 0 spiro atoms. The van der Waals surface area contributed by atoms with Crippen LogP contribution in [0.1, 0.15) is 34.8 Å². The molecule has 0 atom stereocenters. The summed E-state index contributed by atoms with van der Waals surface area (Å²) in [5, 5.41) is 0. The monoisotopic (exact) mass is 478 g/mol. The quantitative estimate of drug-likeness (QED) is 0.159. The number of carbonyl (C=O) groups excluding carboxylic acids is 1. The first-order chi connectivity index (χ1) is 16.8. The summed E-state index contributed by atoms with van der Waals surface area (Å²) in [6.45, 7) is 3.46. The first-order valence-electron chi connectivity index (χ1n) is 11.1. The van der Waals surface area contributed by atoms with Crippen LogP contribution in [-0.4, -0.2) is 5.97 Å². The van der Waals surface area contributed by atoms with Crippen molar-refractivity contribution in [3.8, 4) is 28.0 Å². The number of aryl methyl sites for hydroxylation is 2. The van der Waals surface area contributed by atoms with Crippen molar-refractivity contribution in [2.45, 2.75) is 26.7 Å². The zero-order valence-electron chi connectivity index (χ0n) is 19.2. The van der Waals surface area contributed by atoms with Crippen molar-refractivity contribution in [3.63, 3.8) is 0 Å². The fraction of sp³-hybridized carbons (Fsp3) is 0.138. The van der Waals surface area contributed by atoms with Gasteiger partial charge in [0, 0.05) is 11.1 Å². The van der Waals surface area contributed by atoms with E-state index in [1.165, 1.54) is 49.4 Å². The zero-order chi connectivity index (χ0) is 25.1. The molecular formula is C29H22F4O2. The van der Waals surface area contributed by atoms with Gasteiger partial charge in [0.25, 0.3) is 0 Å². The highest BCUT2D eigenvalue weighted by Gasteiger charge is 2.19. The maximum absolute atomic E-state index is 15.0. The second-order valence-corrected chi connectivity index (χ2v) is 8.21. The summed E-state index contributed by atoms with van der Waals surface area (Å²) in [7, 11) is 0. The minimum Gasteiger partial charge on any atom is -0.420 e. The predicted octanol–water partition coefficient (Wildman–Crippen LogP) is 8.06. The van der Waals surface area contributed by atoms with E-state index in [1.807, 2.05) is 12.1 Å². The smallest absolute Gasteiger partial charge is 0.343 e. The second kappa shape index (κ2) is 10.1. The Kier molecular flexibility index (Phi) is 7.01. The van der Waals surface area contributed by atoms with Crippen molar-refractivity contribution in [1.82, 2.24) is 0 Å². The number of hydrogen-bond donors (Lipinski definition) is 0. The normalized spacial score (nSPS) is 10.9. The first-order valence-corrected chi connectivity index (χ1v) is 11.1. The molecule has 178 valence electrons. The van der Waals surface area contributed by atoms with E-state index in [0.717, 1.165) is 24.5 Å². The van der Waals surface area contributed by atoms with Crippen LogP contribution >= 0.6 is 0 Å². The minimum atomic E-state index is -1.26. The highest BCUT2D eigenvalue weighted by atomic mass is 19.2. The Balaban J connectivity index is 1.55. The fourth-order valence-electron chi connectivity index (χ4n) is 3.79. The molecule has 0 bridgehead atoms. The van der Waals surface area contributed by atoms with Crippen LogP contribution in [0.3, 0.4) is 0 Å². The summed E-state index contributed by atoms with van der Waals surface area (Å²) in [6.07, 6.45) is 1.91. The van der Waals surface area contributed by atoms with Gasteiger partial charge in [-0.2, -0.15) is 4.39 Å². The molecule has 0 saturated heterocycles. The molecule has 0 unspecified atom stereocenters. The van der Waals surface area contributed by atoms with Crippen LogP contribution in [0.4, 0.5) is 17.6 Å². The summed E-state index contributed by atoms with van der Waals surface area (Å²) in [4.78, 5) is 12.4. The third kappa shape index (κ3) is 4.97. The maximum atomic E-state index is 15.0. The molecular weight excluding hydrogens is 456 g/mol. The summed E-state index contributed by atoms with van der Waals surface area (Å²) >= 11 is 0. The summed E-state index contributed by atoms with van der Waals surface area (Å²) in [5.41, 5.74) is 2.35. The summed E-state index contributed by atoms with van der Waals surface area (Å²) < 4.78 is 62.5. The van der Waals surface area contributed by atoms with Crippen molar-refractivity contribution in [2.24, 2.45) is 0 Å². The van der Waals surface area contributed by atoms with E-state index in [1.54, 1.807) is 12.1 Å².